The number of nitrogens with one attached hydrogen (secondary N) is 1. The van der Waals surface area contributed by atoms with Crippen molar-refractivity contribution in [3.05, 3.63) is 35.9 Å². The summed E-state index contributed by atoms with van der Waals surface area (Å²) in [7, 11) is 0. The van der Waals surface area contributed by atoms with Crippen LogP contribution in [0.4, 0.5) is 0 Å². The molecular weight excluding hydrogens is 270 g/mol. The van der Waals surface area contributed by atoms with Crippen molar-refractivity contribution in [3.8, 4) is 0 Å². The Kier molecular flexibility index (Phi) is 4.43. The van der Waals surface area contributed by atoms with Gasteiger partial charge in [0.05, 0.1) is 5.54 Å². The molecule has 0 heterocycles. The first-order valence-electron chi connectivity index (χ1n) is 7.32. The maximum absolute atomic E-state index is 12.6. The summed E-state index contributed by atoms with van der Waals surface area (Å²) in [4.78, 5) is 12.6. The lowest BCUT2D eigenvalue weighted by Gasteiger charge is -2.33. The first-order chi connectivity index (χ1) is 9.39. The molecular formula is C17H24ClNO. The second-order valence-corrected chi connectivity index (χ2v) is 7.02. The number of amides is 1. The first-order valence-corrected chi connectivity index (χ1v) is 7.86. The van der Waals surface area contributed by atoms with Crippen molar-refractivity contribution in [1.29, 1.82) is 0 Å². The van der Waals surface area contributed by atoms with E-state index in [2.05, 4.69) is 19.2 Å². The van der Waals surface area contributed by atoms with Gasteiger partial charge >= 0.3 is 0 Å². The highest BCUT2D eigenvalue weighted by atomic mass is 35.5. The summed E-state index contributed by atoms with van der Waals surface area (Å²) in [5.74, 6) is 0.601. The number of carbonyl (C=O) groups is 1. The summed E-state index contributed by atoms with van der Waals surface area (Å²) in [6, 6.07) is 9.96. The van der Waals surface area contributed by atoms with Gasteiger partial charge in [-0.05, 0) is 30.7 Å². The van der Waals surface area contributed by atoms with E-state index in [4.69, 9.17) is 11.6 Å². The van der Waals surface area contributed by atoms with Gasteiger partial charge in [0.25, 0.3) is 0 Å². The number of carbonyl (C=O) groups excluding carboxylic acids is 1. The Morgan fingerprint density at radius 1 is 1.40 bits per heavy atom. The molecule has 1 amide bonds. The molecule has 1 aromatic rings. The lowest BCUT2D eigenvalue weighted by atomic mass is 9.80. The van der Waals surface area contributed by atoms with Crippen molar-refractivity contribution in [3.63, 3.8) is 0 Å². The van der Waals surface area contributed by atoms with Crippen LogP contribution in [0.1, 0.15) is 45.6 Å². The van der Waals surface area contributed by atoms with Gasteiger partial charge in [0, 0.05) is 11.8 Å². The van der Waals surface area contributed by atoms with Crippen molar-refractivity contribution in [2.75, 3.05) is 5.88 Å². The van der Waals surface area contributed by atoms with Crippen LogP contribution in [-0.2, 0) is 10.3 Å². The molecule has 1 aromatic carbocycles. The van der Waals surface area contributed by atoms with Crippen LogP contribution in [0.15, 0.2) is 30.3 Å². The Hall–Kier alpha value is -1.02. The number of alkyl halides is 1. The minimum Gasteiger partial charge on any atom is -0.345 e. The third-order valence-electron chi connectivity index (χ3n) is 4.65. The normalized spacial score (nSPS) is 24.1. The maximum Gasteiger partial charge on any atom is 0.224 e. The number of hydrogen-bond donors (Lipinski definition) is 1. The highest BCUT2D eigenvalue weighted by Gasteiger charge is 2.41. The second kappa shape index (κ2) is 5.77. The highest BCUT2D eigenvalue weighted by molar-refractivity contribution is 6.18. The Labute approximate surface area is 126 Å². The van der Waals surface area contributed by atoms with Gasteiger partial charge < -0.3 is 5.32 Å². The van der Waals surface area contributed by atoms with Crippen molar-refractivity contribution >= 4 is 17.5 Å². The zero-order valence-electron chi connectivity index (χ0n) is 12.6. The van der Waals surface area contributed by atoms with Gasteiger partial charge in [-0.3, -0.25) is 4.79 Å². The van der Waals surface area contributed by atoms with Gasteiger partial charge in [0.15, 0.2) is 0 Å². The third-order valence-corrected chi connectivity index (χ3v) is 5.19. The number of halogens is 1. The summed E-state index contributed by atoms with van der Waals surface area (Å²) in [6.45, 7) is 6.37. The Morgan fingerprint density at radius 2 is 2.05 bits per heavy atom. The predicted octanol–water partition coefficient (Wildman–Crippen LogP) is 4.08. The number of rotatable bonds is 4. The molecule has 20 heavy (non-hydrogen) atoms. The molecule has 0 radical (unpaired) electrons. The predicted molar refractivity (Wildman–Crippen MR) is 83.8 cm³/mol. The summed E-state index contributed by atoms with van der Waals surface area (Å²) in [5.41, 5.74) is 0.645. The highest BCUT2D eigenvalue weighted by Crippen LogP contribution is 2.43. The van der Waals surface area contributed by atoms with E-state index in [1.165, 1.54) is 0 Å². The monoisotopic (exact) mass is 293 g/mol. The van der Waals surface area contributed by atoms with Crippen LogP contribution in [0.3, 0.4) is 0 Å². The Bertz CT molecular complexity index is 471. The second-order valence-electron chi connectivity index (χ2n) is 6.75. The summed E-state index contributed by atoms with van der Waals surface area (Å²) in [5, 5.41) is 3.19. The lowest BCUT2D eigenvalue weighted by molar-refractivity contribution is -0.129. The molecule has 1 aliphatic rings. The number of hydrogen-bond acceptors (Lipinski definition) is 1. The zero-order chi connectivity index (χ0) is 14.8. The van der Waals surface area contributed by atoms with Gasteiger partial charge in [-0.1, -0.05) is 50.6 Å². The van der Waals surface area contributed by atoms with Crippen LogP contribution in [-0.4, -0.2) is 11.8 Å². The maximum atomic E-state index is 12.6. The third kappa shape index (κ3) is 3.01. The van der Waals surface area contributed by atoms with Crippen LogP contribution in [0.2, 0.25) is 0 Å². The quantitative estimate of drug-likeness (QED) is 0.833. The van der Waals surface area contributed by atoms with Gasteiger partial charge in [-0.15, -0.1) is 11.6 Å². The molecule has 3 heteroatoms. The minimum atomic E-state index is -0.501. The largest absolute Gasteiger partial charge is 0.345 e. The molecule has 110 valence electrons. The van der Waals surface area contributed by atoms with Crippen LogP contribution < -0.4 is 5.32 Å². The average molecular weight is 294 g/mol. The summed E-state index contributed by atoms with van der Waals surface area (Å²) in [6.07, 6.45) is 3.23. The smallest absolute Gasteiger partial charge is 0.224 e. The Morgan fingerprint density at radius 3 is 2.55 bits per heavy atom. The molecule has 2 atom stereocenters. The molecule has 0 aromatic heterocycles. The molecule has 1 N–H and O–H groups in total. The van der Waals surface area contributed by atoms with E-state index in [0.717, 1.165) is 24.8 Å². The van der Waals surface area contributed by atoms with E-state index < -0.39 is 5.54 Å². The van der Waals surface area contributed by atoms with Gasteiger partial charge in [-0.25, -0.2) is 0 Å². The minimum absolute atomic E-state index is 0.0913. The van der Waals surface area contributed by atoms with E-state index >= 15 is 0 Å². The molecule has 2 nitrogen and oxygen atoms in total. The van der Waals surface area contributed by atoms with Crippen molar-refractivity contribution in [1.82, 2.24) is 5.32 Å². The van der Waals surface area contributed by atoms with Crippen LogP contribution >= 0.6 is 11.6 Å². The van der Waals surface area contributed by atoms with Crippen molar-refractivity contribution in [2.24, 2.45) is 11.3 Å². The van der Waals surface area contributed by atoms with Gasteiger partial charge in [0.2, 0.25) is 5.91 Å². The fourth-order valence-corrected chi connectivity index (χ4v) is 3.38. The SMILES string of the molecule is CC(CCl)(NC(=O)C1CCCC1(C)C)c1ccccc1. The van der Waals surface area contributed by atoms with E-state index in [9.17, 15) is 4.79 Å². The average Bonchev–Trinajstić information content (AvgIpc) is 2.79. The number of benzene rings is 1. The molecule has 0 aliphatic heterocycles. The fourth-order valence-electron chi connectivity index (χ4n) is 3.16. The van der Waals surface area contributed by atoms with Crippen LogP contribution in [0.25, 0.3) is 0 Å². The molecule has 2 unspecified atom stereocenters. The van der Waals surface area contributed by atoms with Crippen LogP contribution in [0.5, 0.6) is 0 Å². The Balaban J connectivity index is 2.16. The first kappa shape index (κ1) is 15.4. The lowest BCUT2D eigenvalue weighted by Crippen LogP contribution is -2.49. The van der Waals surface area contributed by atoms with Crippen LogP contribution in [0, 0.1) is 11.3 Å². The van der Waals surface area contributed by atoms with Gasteiger partial charge in [0.1, 0.15) is 0 Å². The molecule has 2 rings (SSSR count). The zero-order valence-corrected chi connectivity index (χ0v) is 13.3. The van der Waals surface area contributed by atoms with E-state index in [-0.39, 0.29) is 17.2 Å². The van der Waals surface area contributed by atoms with E-state index in [0.29, 0.717) is 5.88 Å². The summed E-state index contributed by atoms with van der Waals surface area (Å²) < 4.78 is 0. The summed E-state index contributed by atoms with van der Waals surface area (Å²) >= 11 is 6.15. The molecule has 1 saturated carbocycles. The standard InChI is InChI=1S/C17H24ClNO/c1-16(2)11-7-10-14(16)15(20)19-17(3,12-18)13-8-5-4-6-9-13/h4-6,8-9,14H,7,10-12H2,1-3H3,(H,19,20). The van der Waals surface area contributed by atoms with E-state index in [1.54, 1.807) is 0 Å². The molecule has 1 fully saturated rings. The molecule has 0 bridgehead atoms. The van der Waals surface area contributed by atoms with E-state index in [1.807, 2.05) is 37.3 Å². The van der Waals surface area contributed by atoms with Crippen molar-refractivity contribution < 1.29 is 4.79 Å². The molecule has 0 saturated heterocycles. The molecule has 1 aliphatic carbocycles. The topological polar surface area (TPSA) is 29.1 Å². The van der Waals surface area contributed by atoms with Gasteiger partial charge in [-0.2, -0.15) is 0 Å². The molecule has 0 spiro atoms. The fraction of sp³-hybridized carbons (Fsp3) is 0.588. The van der Waals surface area contributed by atoms with Crippen molar-refractivity contribution in [2.45, 2.75) is 45.6 Å².